The van der Waals surface area contributed by atoms with Crippen molar-refractivity contribution >= 4 is 35.0 Å². The van der Waals surface area contributed by atoms with Gasteiger partial charge in [0.25, 0.3) is 5.91 Å². The molecular formula is C53H65F3N8O7S. The summed E-state index contributed by atoms with van der Waals surface area (Å²) in [7, 11) is 0. The summed E-state index contributed by atoms with van der Waals surface area (Å²) >= 11 is 1.57. The lowest BCUT2D eigenvalue weighted by molar-refractivity contribution is -0.164. The highest BCUT2D eigenvalue weighted by atomic mass is 32.1. The fraction of sp³-hybridized carbons (Fsp3) is 0.509. The number of hydrogen-bond acceptors (Lipinski definition) is 12. The molecule has 2 saturated heterocycles. The van der Waals surface area contributed by atoms with Crippen LogP contribution in [0.2, 0.25) is 0 Å². The number of nitrogens with zero attached hydrogens (tertiary/aromatic N) is 5. The van der Waals surface area contributed by atoms with Gasteiger partial charge in [-0.05, 0) is 65.9 Å². The summed E-state index contributed by atoms with van der Waals surface area (Å²) < 4.78 is 53.0. The molecule has 72 heavy (non-hydrogen) atoms. The van der Waals surface area contributed by atoms with Crippen molar-refractivity contribution in [2.45, 2.75) is 105 Å². The number of alkyl halides is 3. The smallest absolute Gasteiger partial charge is 0.417 e. The first-order chi connectivity index (χ1) is 33.9. The van der Waals surface area contributed by atoms with Crippen LogP contribution in [0.15, 0.2) is 72.2 Å². The van der Waals surface area contributed by atoms with Gasteiger partial charge in [-0.2, -0.15) is 18.4 Å². The van der Waals surface area contributed by atoms with Crippen LogP contribution < -0.4 is 25.4 Å². The summed E-state index contributed by atoms with van der Waals surface area (Å²) in [5, 5.41) is 28.8. The molecule has 0 bridgehead atoms. The molecule has 7 rings (SSSR count). The van der Waals surface area contributed by atoms with Crippen LogP contribution in [0.25, 0.3) is 10.4 Å². The lowest BCUT2D eigenvalue weighted by Crippen LogP contribution is -2.74. The number of hydrogen-bond donors (Lipinski definition) is 4. The Morgan fingerprint density at radius 1 is 0.931 bits per heavy atom. The summed E-state index contributed by atoms with van der Waals surface area (Å²) in [6.45, 7) is 19.1. The van der Waals surface area contributed by atoms with Gasteiger partial charge in [-0.25, -0.2) is 4.98 Å². The van der Waals surface area contributed by atoms with Crippen LogP contribution in [0.5, 0.6) is 11.5 Å². The van der Waals surface area contributed by atoms with Crippen LogP contribution in [0, 0.1) is 34.5 Å². The lowest BCUT2D eigenvalue weighted by Gasteiger charge is -2.63. The van der Waals surface area contributed by atoms with Crippen molar-refractivity contribution in [2.75, 3.05) is 52.4 Å². The molecule has 1 aromatic heterocycles. The number of aliphatic hydroxyl groups excluding tert-OH is 1. The molecule has 2 aliphatic heterocycles. The Morgan fingerprint density at radius 3 is 2.17 bits per heavy atom. The fourth-order valence-electron chi connectivity index (χ4n) is 10.4. The van der Waals surface area contributed by atoms with E-state index >= 15 is 0 Å². The molecule has 3 aliphatic rings. The maximum absolute atomic E-state index is 14.2. The van der Waals surface area contributed by atoms with E-state index in [1.807, 2.05) is 90.1 Å². The van der Waals surface area contributed by atoms with Gasteiger partial charge in [-0.1, -0.05) is 72.7 Å². The van der Waals surface area contributed by atoms with Gasteiger partial charge < -0.3 is 35.4 Å². The molecule has 1 aliphatic carbocycles. The van der Waals surface area contributed by atoms with Crippen LogP contribution in [0.4, 0.5) is 13.2 Å². The molecule has 0 spiro atoms. The number of halogens is 3. The summed E-state index contributed by atoms with van der Waals surface area (Å²) in [5.74, 6) is -0.823. The van der Waals surface area contributed by atoms with Crippen molar-refractivity contribution in [3.05, 3.63) is 100 Å². The number of ether oxygens (including phenoxy) is 2. The molecule has 3 atom stereocenters. The number of thiazole rings is 1. The highest BCUT2D eigenvalue weighted by molar-refractivity contribution is 7.13. The number of carbonyl (C=O) groups excluding carboxylic acids is 4. The minimum Gasteiger partial charge on any atom is -0.492 e. The van der Waals surface area contributed by atoms with Crippen LogP contribution in [-0.4, -0.2) is 131 Å². The van der Waals surface area contributed by atoms with Gasteiger partial charge in [0.2, 0.25) is 17.7 Å². The second-order valence-corrected chi connectivity index (χ2v) is 22.2. The van der Waals surface area contributed by atoms with Gasteiger partial charge in [0.1, 0.15) is 36.3 Å². The van der Waals surface area contributed by atoms with E-state index in [1.165, 1.54) is 11.0 Å². The topological polar surface area (TPSA) is 189 Å². The zero-order chi connectivity index (χ0) is 52.3. The number of likely N-dealkylation sites (tertiary alicyclic amines) is 1. The second kappa shape index (κ2) is 21.6. The number of piperazine rings is 1. The number of nitrogens with one attached hydrogen (secondary N) is 3. The highest BCUT2D eigenvalue weighted by Gasteiger charge is 2.64. The number of aromatic nitrogens is 1. The third-order valence-corrected chi connectivity index (χ3v) is 15.1. The third-order valence-electron chi connectivity index (χ3n) is 14.1. The van der Waals surface area contributed by atoms with Crippen molar-refractivity contribution in [1.29, 1.82) is 5.26 Å². The van der Waals surface area contributed by atoms with Gasteiger partial charge in [-0.3, -0.25) is 29.0 Å². The van der Waals surface area contributed by atoms with Crippen LogP contribution >= 0.6 is 11.3 Å². The number of aliphatic hydroxyl groups is 1. The molecule has 1 saturated carbocycles. The van der Waals surface area contributed by atoms with E-state index in [-0.39, 0.29) is 55.6 Å². The molecule has 4 amide bonds. The first kappa shape index (κ1) is 53.7. The highest BCUT2D eigenvalue weighted by Crippen LogP contribution is 2.56. The molecule has 3 heterocycles. The normalized spacial score (nSPS) is 21.5. The number of benzene rings is 3. The summed E-state index contributed by atoms with van der Waals surface area (Å²) in [4.78, 5) is 65.7. The number of nitriles is 1. The maximum atomic E-state index is 14.2. The molecule has 0 radical (unpaired) electrons. The first-order valence-electron chi connectivity index (χ1n) is 24.2. The van der Waals surface area contributed by atoms with Gasteiger partial charge >= 0.3 is 6.18 Å². The molecule has 4 N–H and O–H groups in total. The predicted octanol–water partition coefficient (Wildman–Crippen LogP) is 6.43. The van der Waals surface area contributed by atoms with Gasteiger partial charge in [0.05, 0.1) is 45.9 Å². The fourth-order valence-corrected chi connectivity index (χ4v) is 11.2. The predicted molar refractivity (Wildman–Crippen MR) is 266 cm³/mol. The minimum atomic E-state index is -4.72. The van der Waals surface area contributed by atoms with E-state index in [0.717, 1.165) is 33.8 Å². The van der Waals surface area contributed by atoms with Crippen LogP contribution in [0.1, 0.15) is 87.6 Å². The zero-order valence-corrected chi connectivity index (χ0v) is 42.9. The van der Waals surface area contributed by atoms with Crippen molar-refractivity contribution in [1.82, 2.24) is 35.6 Å². The van der Waals surface area contributed by atoms with Gasteiger partial charge in [-0.15, -0.1) is 11.3 Å². The lowest BCUT2D eigenvalue weighted by atomic mass is 9.49. The number of β-amino-alcohol motifs (C(OH)–C–C–N with tert-alkyl or cyclic N) is 1. The van der Waals surface area contributed by atoms with Crippen LogP contribution in [-0.2, 0) is 27.1 Å². The average molecular weight is 1020 g/mol. The maximum Gasteiger partial charge on any atom is 0.417 e. The largest absolute Gasteiger partial charge is 0.492 e. The molecule has 4 aromatic rings. The van der Waals surface area contributed by atoms with Gasteiger partial charge in [0.15, 0.2) is 0 Å². The number of aryl methyl sites for hydroxylation is 1. The van der Waals surface area contributed by atoms with E-state index in [1.54, 1.807) is 41.7 Å². The van der Waals surface area contributed by atoms with Crippen molar-refractivity contribution in [3.63, 3.8) is 0 Å². The SMILES string of the molecule is Cc1ncsc1-c1ccc(CNC(=O)[C@@H]2C[C@@H](O)CN2C(=O)[C@@H](NC(=O)CN2CCN(CCOc3ccc(C(=O)N[C@H]4C(C)(C)[C@H](Oc5ccc(C#N)c(C(F)(F)F)c5)C4(C)C)cc3)CC2)C(C)(C)C)cc1. The molecular weight excluding hydrogens is 950 g/mol. The Morgan fingerprint density at radius 2 is 1.57 bits per heavy atom. The summed E-state index contributed by atoms with van der Waals surface area (Å²) in [5.41, 5.74) is 1.58. The van der Waals surface area contributed by atoms with Crippen molar-refractivity contribution < 1.29 is 46.9 Å². The molecule has 3 aromatic carbocycles. The van der Waals surface area contributed by atoms with Crippen LogP contribution in [0.3, 0.4) is 0 Å². The first-order valence-corrected chi connectivity index (χ1v) is 25.1. The van der Waals surface area contributed by atoms with Crippen molar-refractivity contribution in [3.8, 4) is 28.0 Å². The molecule has 19 heteroatoms. The van der Waals surface area contributed by atoms with E-state index in [0.29, 0.717) is 50.6 Å². The van der Waals surface area contributed by atoms with E-state index in [9.17, 15) is 42.7 Å². The zero-order valence-electron chi connectivity index (χ0n) is 42.1. The number of amides is 4. The van der Waals surface area contributed by atoms with E-state index < -0.39 is 63.7 Å². The van der Waals surface area contributed by atoms with E-state index in [2.05, 4.69) is 25.8 Å². The minimum absolute atomic E-state index is 0.00572. The molecule has 386 valence electrons. The van der Waals surface area contributed by atoms with E-state index in [4.69, 9.17) is 9.47 Å². The molecule has 3 fully saturated rings. The Balaban J connectivity index is 0.829. The Bertz CT molecular complexity index is 2620. The second-order valence-electron chi connectivity index (χ2n) is 21.3. The Labute approximate surface area is 423 Å². The average Bonchev–Trinajstić information content (AvgIpc) is 3.95. The third kappa shape index (κ3) is 12.2. The van der Waals surface area contributed by atoms with Gasteiger partial charge in [0, 0.05) is 74.7 Å². The number of carbonyl (C=O) groups is 4. The summed E-state index contributed by atoms with van der Waals surface area (Å²) in [6.07, 6.45) is -6.04. The quantitative estimate of drug-likeness (QED) is 0.0969. The summed E-state index contributed by atoms with van der Waals surface area (Å²) in [6, 6.07) is 17.3. The van der Waals surface area contributed by atoms with Crippen molar-refractivity contribution in [2.24, 2.45) is 16.2 Å². The molecule has 15 nitrogen and oxygen atoms in total. The number of rotatable bonds is 16. The Hall–Kier alpha value is -6.07. The monoisotopic (exact) mass is 1010 g/mol. The Kier molecular flexibility index (Phi) is 16.1. The molecule has 0 unspecified atom stereocenters. The standard InChI is InChI=1S/C53H65F3N8O7S/c1-32-43(72-31-59-32)34-11-9-33(10-12-34)28-58-46(68)41-25-37(65)29-64(41)47(69)44(50(2,3)4)60-42(66)30-63-21-19-62(20-22-63)23-24-70-38-16-13-35(14-17-38)45(67)61-48-51(5,6)49(52(48,7)8)71-39-18-15-36(27-57)40(26-39)53(54,55)56/h9-18,26,31,37,41,44,48-49,65H,19-25,28-30H2,1-8H3,(H,58,68)(H,60,66)(H,61,67)/t37-,41+,44-,48-,49-/m1/s1.